The number of rotatable bonds is 2. The van der Waals surface area contributed by atoms with Crippen molar-refractivity contribution in [2.45, 2.75) is 25.9 Å². The number of ether oxygens (including phenoxy) is 2. The van der Waals surface area contributed by atoms with E-state index < -0.39 is 12.1 Å². The van der Waals surface area contributed by atoms with E-state index in [1.165, 1.54) is 6.08 Å². The van der Waals surface area contributed by atoms with Crippen LogP contribution >= 0.6 is 0 Å². The fraction of sp³-hybridized carbons (Fsp3) is 0.600. The van der Waals surface area contributed by atoms with Crippen LogP contribution < -0.4 is 0 Å². The van der Waals surface area contributed by atoms with Crippen LogP contribution in [0.3, 0.4) is 0 Å². The maximum atomic E-state index is 11.1. The summed E-state index contributed by atoms with van der Waals surface area (Å²) in [5, 5.41) is 8.74. The molecule has 0 bridgehead atoms. The number of nitrogens with zero attached hydrogens (tertiary/aromatic N) is 1. The lowest BCUT2D eigenvalue weighted by Gasteiger charge is -2.19. The molecule has 0 saturated carbocycles. The number of hydrogen-bond donors (Lipinski definition) is 0. The summed E-state index contributed by atoms with van der Waals surface area (Å²) in [6.07, 6.45) is 2.38. The molecule has 1 aliphatic rings. The fourth-order valence-corrected chi connectivity index (χ4v) is 1.32. The highest BCUT2D eigenvalue weighted by Crippen LogP contribution is 2.19. The van der Waals surface area contributed by atoms with Gasteiger partial charge in [-0.25, -0.2) is 4.79 Å². The summed E-state index contributed by atoms with van der Waals surface area (Å²) in [6.45, 7) is 2.68. The van der Waals surface area contributed by atoms with Gasteiger partial charge in [0.25, 0.3) is 0 Å². The first kappa shape index (κ1) is 10.7. The van der Waals surface area contributed by atoms with Gasteiger partial charge in [0, 0.05) is 12.7 Å². The molecule has 76 valence electrons. The third kappa shape index (κ3) is 2.86. The van der Waals surface area contributed by atoms with Crippen LogP contribution in [0, 0.1) is 11.3 Å². The molecule has 1 unspecified atom stereocenters. The van der Waals surface area contributed by atoms with Gasteiger partial charge in [-0.05, 0) is 25.3 Å². The van der Waals surface area contributed by atoms with E-state index in [0.29, 0.717) is 13.2 Å². The van der Waals surface area contributed by atoms with Crippen molar-refractivity contribution in [1.29, 1.82) is 5.26 Å². The lowest BCUT2D eigenvalue weighted by molar-refractivity contribution is -0.137. The van der Waals surface area contributed by atoms with E-state index in [9.17, 15) is 4.79 Å². The smallest absolute Gasteiger partial charge is 0.330 e. The molecule has 1 heterocycles. The van der Waals surface area contributed by atoms with Crippen LogP contribution in [0.1, 0.15) is 19.8 Å². The summed E-state index contributed by atoms with van der Waals surface area (Å²) in [5.74, 6) is -0.395. The van der Waals surface area contributed by atoms with Crippen molar-refractivity contribution in [1.82, 2.24) is 0 Å². The molecular formula is C10H13NO3. The molecule has 4 heteroatoms. The SMILES string of the molecule is CCOC(=O)/C=C1/CCCOC1C#N. The van der Waals surface area contributed by atoms with Crippen LogP contribution in [-0.4, -0.2) is 25.3 Å². The molecule has 0 aromatic carbocycles. The molecule has 4 nitrogen and oxygen atoms in total. The van der Waals surface area contributed by atoms with Gasteiger partial charge in [0.05, 0.1) is 12.7 Å². The molecule has 1 fully saturated rings. The lowest BCUT2D eigenvalue weighted by Crippen LogP contribution is -2.21. The molecule has 0 spiro atoms. The Hall–Kier alpha value is -1.34. The highest BCUT2D eigenvalue weighted by atomic mass is 16.5. The largest absolute Gasteiger partial charge is 0.463 e. The van der Waals surface area contributed by atoms with Crippen LogP contribution in [0.25, 0.3) is 0 Å². The first-order valence-electron chi connectivity index (χ1n) is 4.66. The van der Waals surface area contributed by atoms with Gasteiger partial charge < -0.3 is 9.47 Å². The summed E-state index contributed by atoms with van der Waals surface area (Å²) in [6, 6.07) is 2.00. The zero-order valence-electron chi connectivity index (χ0n) is 8.16. The number of nitriles is 1. The van der Waals surface area contributed by atoms with Crippen LogP contribution in [0.5, 0.6) is 0 Å². The predicted octanol–water partition coefficient (Wildman–Crippen LogP) is 1.18. The summed E-state index contributed by atoms with van der Waals surface area (Å²) in [5.41, 5.74) is 0.720. The van der Waals surface area contributed by atoms with Crippen LogP contribution in [0.15, 0.2) is 11.6 Å². The minimum atomic E-state index is -0.576. The third-order valence-corrected chi connectivity index (χ3v) is 1.94. The van der Waals surface area contributed by atoms with Crippen molar-refractivity contribution in [3.63, 3.8) is 0 Å². The molecule has 0 aliphatic carbocycles. The van der Waals surface area contributed by atoms with Crippen molar-refractivity contribution >= 4 is 5.97 Å². The van der Waals surface area contributed by atoms with Crippen molar-refractivity contribution in [2.75, 3.05) is 13.2 Å². The van der Waals surface area contributed by atoms with Crippen molar-refractivity contribution in [3.8, 4) is 6.07 Å². The van der Waals surface area contributed by atoms with E-state index in [1.807, 2.05) is 6.07 Å². The molecule has 1 rings (SSSR count). The van der Waals surface area contributed by atoms with Gasteiger partial charge in [-0.15, -0.1) is 0 Å². The quantitative estimate of drug-likeness (QED) is 0.490. The first-order valence-corrected chi connectivity index (χ1v) is 4.66. The van der Waals surface area contributed by atoms with Crippen LogP contribution in [-0.2, 0) is 14.3 Å². The van der Waals surface area contributed by atoms with Gasteiger partial charge in [0.15, 0.2) is 6.10 Å². The topological polar surface area (TPSA) is 59.3 Å². The molecule has 1 atom stereocenters. The van der Waals surface area contributed by atoms with Crippen molar-refractivity contribution in [3.05, 3.63) is 11.6 Å². The second-order valence-corrected chi connectivity index (χ2v) is 2.95. The molecule has 0 amide bonds. The Labute approximate surface area is 83.1 Å². The van der Waals surface area contributed by atoms with Gasteiger partial charge in [0.1, 0.15) is 0 Å². The summed E-state index contributed by atoms with van der Waals surface area (Å²) < 4.78 is 9.94. The number of carbonyl (C=O) groups excluding carboxylic acids is 1. The Morgan fingerprint density at radius 1 is 1.86 bits per heavy atom. The number of esters is 1. The minimum absolute atomic E-state index is 0.348. The second kappa shape index (κ2) is 5.40. The van der Waals surface area contributed by atoms with Crippen molar-refractivity contribution in [2.24, 2.45) is 0 Å². The predicted molar refractivity (Wildman–Crippen MR) is 49.3 cm³/mol. The molecule has 0 aromatic heterocycles. The van der Waals surface area contributed by atoms with Gasteiger partial charge in [-0.1, -0.05) is 0 Å². The summed E-state index contributed by atoms with van der Waals surface area (Å²) in [7, 11) is 0. The minimum Gasteiger partial charge on any atom is -0.463 e. The Bertz CT molecular complexity index is 278. The molecule has 0 aromatic rings. The highest BCUT2D eigenvalue weighted by Gasteiger charge is 2.19. The lowest BCUT2D eigenvalue weighted by atomic mass is 10.0. The zero-order valence-corrected chi connectivity index (χ0v) is 8.16. The number of carbonyl (C=O) groups is 1. The normalized spacial score (nSPS) is 24.3. The average Bonchev–Trinajstić information content (AvgIpc) is 2.19. The first-order chi connectivity index (χ1) is 6.77. The average molecular weight is 195 g/mol. The fourth-order valence-electron chi connectivity index (χ4n) is 1.32. The van der Waals surface area contributed by atoms with E-state index >= 15 is 0 Å². The van der Waals surface area contributed by atoms with E-state index in [4.69, 9.17) is 14.7 Å². The Kier molecular flexibility index (Phi) is 4.14. The van der Waals surface area contributed by atoms with Gasteiger partial charge in [-0.2, -0.15) is 5.26 Å². The van der Waals surface area contributed by atoms with E-state index in [-0.39, 0.29) is 0 Å². The van der Waals surface area contributed by atoms with Crippen molar-refractivity contribution < 1.29 is 14.3 Å². The maximum absolute atomic E-state index is 11.1. The second-order valence-electron chi connectivity index (χ2n) is 2.95. The molecule has 0 radical (unpaired) electrons. The molecule has 1 aliphatic heterocycles. The van der Waals surface area contributed by atoms with E-state index in [0.717, 1.165) is 18.4 Å². The third-order valence-electron chi connectivity index (χ3n) is 1.94. The monoisotopic (exact) mass is 195 g/mol. The molecular weight excluding hydrogens is 182 g/mol. The van der Waals surface area contributed by atoms with Gasteiger partial charge >= 0.3 is 5.97 Å². The number of hydrogen-bond acceptors (Lipinski definition) is 4. The molecule has 14 heavy (non-hydrogen) atoms. The standard InChI is InChI=1S/C10H13NO3/c1-2-13-10(12)6-8-4-3-5-14-9(8)7-11/h6,9H,2-5H2,1H3/b8-6-. The Morgan fingerprint density at radius 3 is 3.29 bits per heavy atom. The summed E-state index contributed by atoms with van der Waals surface area (Å²) in [4.78, 5) is 11.1. The summed E-state index contributed by atoms with van der Waals surface area (Å²) >= 11 is 0. The van der Waals surface area contributed by atoms with E-state index in [1.54, 1.807) is 6.92 Å². The zero-order chi connectivity index (χ0) is 10.4. The Morgan fingerprint density at radius 2 is 2.64 bits per heavy atom. The highest BCUT2D eigenvalue weighted by molar-refractivity contribution is 5.83. The van der Waals surface area contributed by atoms with E-state index in [2.05, 4.69) is 0 Å². The van der Waals surface area contributed by atoms with Gasteiger partial charge in [0.2, 0.25) is 0 Å². The van der Waals surface area contributed by atoms with Gasteiger partial charge in [-0.3, -0.25) is 0 Å². The maximum Gasteiger partial charge on any atom is 0.330 e. The van der Waals surface area contributed by atoms with Crippen LogP contribution in [0.4, 0.5) is 0 Å². The van der Waals surface area contributed by atoms with Crippen LogP contribution in [0.2, 0.25) is 0 Å². The Balaban J connectivity index is 2.63. The molecule has 0 N–H and O–H groups in total. The molecule has 1 saturated heterocycles.